The minimum atomic E-state index is -1.21. The molecular formula is C14H25N3O4. The lowest BCUT2D eigenvalue weighted by Crippen LogP contribution is -2.57. The second-order valence-electron chi connectivity index (χ2n) is 5.46. The van der Waals surface area contributed by atoms with Gasteiger partial charge in [-0.2, -0.15) is 0 Å². The zero-order valence-corrected chi connectivity index (χ0v) is 12.5. The van der Waals surface area contributed by atoms with Gasteiger partial charge in [0.05, 0.1) is 6.54 Å². The summed E-state index contributed by atoms with van der Waals surface area (Å²) >= 11 is 0. The van der Waals surface area contributed by atoms with E-state index in [-0.39, 0.29) is 12.5 Å². The molecule has 1 rings (SSSR count). The van der Waals surface area contributed by atoms with Crippen LogP contribution in [0.2, 0.25) is 0 Å². The molecule has 0 aromatic carbocycles. The smallest absolute Gasteiger partial charge is 0.329 e. The number of nitrogens with one attached hydrogen (secondary N) is 3. The van der Waals surface area contributed by atoms with Gasteiger partial charge in [0.1, 0.15) is 5.54 Å². The van der Waals surface area contributed by atoms with Crippen LogP contribution in [-0.4, -0.2) is 41.6 Å². The van der Waals surface area contributed by atoms with E-state index in [2.05, 4.69) is 16.0 Å². The van der Waals surface area contributed by atoms with Gasteiger partial charge in [-0.05, 0) is 19.3 Å². The number of carboxylic acids is 1. The van der Waals surface area contributed by atoms with E-state index in [9.17, 15) is 19.5 Å². The molecule has 0 unspecified atom stereocenters. The number of hydrogen-bond donors (Lipinski definition) is 4. The summed E-state index contributed by atoms with van der Waals surface area (Å²) in [5.41, 5.74) is -1.21. The van der Waals surface area contributed by atoms with Crippen LogP contribution in [-0.2, 0) is 9.59 Å². The third-order valence-corrected chi connectivity index (χ3v) is 3.70. The number of rotatable bonds is 6. The highest BCUT2D eigenvalue weighted by molar-refractivity contribution is 5.88. The van der Waals surface area contributed by atoms with Crippen LogP contribution in [0.3, 0.4) is 0 Å². The lowest BCUT2D eigenvalue weighted by Gasteiger charge is -2.29. The van der Waals surface area contributed by atoms with Gasteiger partial charge in [0.15, 0.2) is 0 Å². The number of carbonyl (C=O) groups excluding carboxylic acids is 2. The number of hydrogen-bond acceptors (Lipinski definition) is 3. The van der Waals surface area contributed by atoms with E-state index >= 15 is 0 Å². The highest BCUT2D eigenvalue weighted by Gasteiger charge is 2.40. The summed E-state index contributed by atoms with van der Waals surface area (Å²) in [5.74, 6) is -1.28. The molecule has 7 nitrogen and oxygen atoms in total. The Morgan fingerprint density at radius 2 is 1.67 bits per heavy atom. The van der Waals surface area contributed by atoms with Crippen molar-refractivity contribution in [2.75, 3.05) is 13.1 Å². The summed E-state index contributed by atoms with van der Waals surface area (Å²) in [6, 6.07) is -0.606. The Kier molecular flexibility index (Phi) is 6.98. The first kappa shape index (κ1) is 17.3. The summed E-state index contributed by atoms with van der Waals surface area (Å²) in [5, 5.41) is 17.0. The molecule has 1 saturated carbocycles. The van der Waals surface area contributed by atoms with Gasteiger partial charge in [0.25, 0.3) is 0 Å². The van der Waals surface area contributed by atoms with Crippen molar-refractivity contribution in [3.05, 3.63) is 0 Å². The van der Waals surface area contributed by atoms with Crippen LogP contribution in [0.4, 0.5) is 4.79 Å². The summed E-state index contributed by atoms with van der Waals surface area (Å²) in [7, 11) is 0. The maximum Gasteiger partial charge on any atom is 0.329 e. The summed E-state index contributed by atoms with van der Waals surface area (Å²) in [4.78, 5) is 34.8. The van der Waals surface area contributed by atoms with E-state index < -0.39 is 17.5 Å². The zero-order valence-electron chi connectivity index (χ0n) is 12.5. The van der Waals surface area contributed by atoms with E-state index in [4.69, 9.17) is 0 Å². The average molecular weight is 299 g/mol. The summed E-state index contributed by atoms with van der Waals surface area (Å²) in [6.07, 6.45) is 5.21. The van der Waals surface area contributed by atoms with Gasteiger partial charge in [0.2, 0.25) is 5.91 Å². The van der Waals surface area contributed by atoms with Crippen molar-refractivity contribution in [3.8, 4) is 0 Å². The zero-order chi connectivity index (χ0) is 15.7. The van der Waals surface area contributed by atoms with Crippen molar-refractivity contribution >= 4 is 17.9 Å². The van der Waals surface area contributed by atoms with E-state index in [0.717, 1.165) is 32.1 Å². The number of urea groups is 1. The Morgan fingerprint density at radius 1 is 1.05 bits per heavy atom. The summed E-state index contributed by atoms with van der Waals surface area (Å²) < 4.78 is 0. The van der Waals surface area contributed by atoms with Crippen LogP contribution in [0, 0.1) is 0 Å². The molecule has 120 valence electrons. The Bertz CT molecular complexity index is 376. The van der Waals surface area contributed by atoms with Crippen LogP contribution in [0.15, 0.2) is 0 Å². The molecule has 0 aliphatic heterocycles. The van der Waals surface area contributed by atoms with Crippen molar-refractivity contribution in [1.82, 2.24) is 16.0 Å². The van der Waals surface area contributed by atoms with Gasteiger partial charge < -0.3 is 21.1 Å². The van der Waals surface area contributed by atoms with Crippen molar-refractivity contribution < 1.29 is 19.5 Å². The first-order valence-corrected chi connectivity index (χ1v) is 7.56. The van der Waals surface area contributed by atoms with Crippen molar-refractivity contribution in [2.45, 2.75) is 57.4 Å². The topological polar surface area (TPSA) is 108 Å². The number of carbonyl (C=O) groups is 3. The molecule has 1 aliphatic carbocycles. The van der Waals surface area contributed by atoms with Gasteiger partial charge in [-0.25, -0.2) is 9.59 Å². The van der Waals surface area contributed by atoms with Crippen LogP contribution in [0.25, 0.3) is 0 Å². The first-order valence-electron chi connectivity index (χ1n) is 7.56. The highest BCUT2D eigenvalue weighted by Crippen LogP contribution is 2.27. The average Bonchev–Trinajstić information content (AvgIpc) is 2.69. The maximum absolute atomic E-state index is 11.8. The molecule has 0 aromatic rings. The fourth-order valence-corrected chi connectivity index (χ4v) is 2.47. The SMILES string of the molecule is CCCNC(=O)CNC(=O)NC1(C(=O)O)CCCCCC1. The third-order valence-electron chi connectivity index (χ3n) is 3.70. The van der Waals surface area contributed by atoms with Crippen LogP contribution >= 0.6 is 0 Å². The standard InChI is InChI=1S/C14H25N3O4/c1-2-9-15-11(18)10-16-13(21)17-14(12(19)20)7-5-3-4-6-8-14/h2-10H2,1H3,(H,15,18)(H,19,20)(H2,16,17,21). The lowest BCUT2D eigenvalue weighted by atomic mass is 9.90. The maximum atomic E-state index is 11.8. The highest BCUT2D eigenvalue weighted by atomic mass is 16.4. The molecule has 1 aliphatic rings. The molecule has 0 spiro atoms. The molecule has 0 bridgehead atoms. The fourth-order valence-electron chi connectivity index (χ4n) is 2.47. The monoisotopic (exact) mass is 299 g/mol. The molecule has 0 heterocycles. The molecule has 0 radical (unpaired) electrons. The van der Waals surface area contributed by atoms with Crippen molar-refractivity contribution in [1.29, 1.82) is 0 Å². The van der Waals surface area contributed by atoms with Crippen LogP contribution in [0.5, 0.6) is 0 Å². The molecule has 1 fully saturated rings. The van der Waals surface area contributed by atoms with E-state index in [1.807, 2.05) is 6.92 Å². The minimum Gasteiger partial charge on any atom is -0.480 e. The summed E-state index contributed by atoms with van der Waals surface area (Å²) in [6.45, 7) is 2.34. The molecule has 4 N–H and O–H groups in total. The van der Waals surface area contributed by atoms with Crippen molar-refractivity contribution in [2.24, 2.45) is 0 Å². The van der Waals surface area contributed by atoms with E-state index in [1.165, 1.54) is 0 Å². The largest absolute Gasteiger partial charge is 0.480 e. The Morgan fingerprint density at radius 3 is 2.19 bits per heavy atom. The van der Waals surface area contributed by atoms with Crippen LogP contribution < -0.4 is 16.0 Å². The molecule has 0 saturated heterocycles. The molecular weight excluding hydrogens is 274 g/mol. The molecule has 3 amide bonds. The van der Waals surface area contributed by atoms with E-state index in [1.54, 1.807) is 0 Å². The molecule has 0 atom stereocenters. The second-order valence-corrected chi connectivity index (χ2v) is 5.46. The van der Waals surface area contributed by atoms with Gasteiger partial charge in [-0.1, -0.05) is 32.6 Å². The molecule has 21 heavy (non-hydrogen) atoms. The normalized spacial score (nSPS) is 17.4. The van der Waals surface area contributed by atoms with Crippen molar-refractivity contribution in [3.63, 3.8) is 0 Å². The van der Waals surface area contributed by atoms with E-state index in [0.29, 0.717) is 19.4 Å². The Labute approximate surface area is 124 Å². The molecule has 0 aromatic heterocycles. The first-order chi connectivity index (χ1) is 10.00. The Hall–Kier alpha value is -1.79. The van der Waals surface area contributed by atoms with Gasteiger partial charge in [-0.15, -0.1) is 0 Å². The van der Waals surface area contributed by atoms with Gasteiger partial charge >= 0.3 is 12.0 Å². The molecule has 7 heteroatoms. The second kappa shape index (κ2) is 8.49. The fraction of sp³-hybridized carbons (Fsp3) is 0.786. The lowest BCUT2D eigenvalue weighted by molar-refractivity contribution is -0.145. The number of carboxylic acid groups (broad SMARTS) is 1. The van der Waals surface area contributed by atoms with Crippen LogP contribution in [0.1, 0.15) is 51.9 Å². The predicted octanol–water partition coefficient (Wildman–Crippen LogP) is 0.989. The number of amides is 3. The predicted molar refractivity (Wildman–Crippen MR) is 77.9 cm³/mol. The third kappa shape index (κ3) is 5.61. The quantitative estimate of drug-likeness (QED) is 0.548. The Balaban J connectivity index is 2.49. The van der Waals surface area contributed by atoms with Gasteiger partial charge in [0, 0.05) is 6.54 Å². The van der Waals surface area contributed by atoms with Gasteiger partial charge in [-0.3, -0.25) is 4.79 Å². The number of aliphatic carboxylic acids is 1. The minimum absolute atomic E-state index is 0.151.